The second-order valence-electron chi connectivity index (χ2n) is 5.02. The summed E-state index contributed by atoms with van der Waals surface area (Å²) >= 11 is 0. The van der Waals surface area contributed by atoms with E-state index in [0.29, 0.717) is 11.3 Å². The summed E-state index contributed by atoms with van der Waals surface area (Å²) in [7, 11) is 2.59. The molecule has 1 heterocycles. The molecular formula is C18H15NO4. The molecule has 116 valence electrons. The monoisotopic (exact) mass is 309 g/mol. The van der Waals surface area contributed by atoms with Crippen LogP contribution in [0.3, 0.4) is 0 Å². The quantitative estimate of drug-likeness (QED) is 0.753. The van der Waals surface area contributed by atoms with E-state index in [2.05, 4.69) is 4.98 Å². The zero-order valence-corrected chi connectivity index (χ0v) is 12.8. The number of rotatable bonds is 3. The van der Waals surface area contributed by atoms with E-state index in [4.69, 9.17) is 9.47 Å². The molecule has 3 aromatic rings. The predicted molar refractivity (Wildman–Crippen MR) is 86.4 cm³/mol. The first-order chi connectivity index (χ1) is 11.1. The molecule has 0 saturated heterocycles. The molecule has 0 aliphatic rings. The van der Waals surface area contributed by atoms with Crippen LogP contribution >= 0.6 is 0 Å². The predicted octanol–water partition coefficient (Wildman–Crippen LogP) is 3.41. The van der Waals surface area contributed by atoms with Crippen LogP contribution in [0, 0.1) is 0 Å². The van der Waals surface area contributed by atoms with E-state index in [1.54, 1.807) is 0 Å². The molecule has 0 saturated carbocycles. The fourth-order valence-corrected chi connectivity index (χ4v) is 2.52. The zero-order valence-electron chi connectivity index (χ0n) is 12.8. The molecule has 1 aromatic heterocycles. The number of carbonyl (C=O) groups is 2. The van der Waals surface area contributed by atoms with Gasteiger partial charge in [-0.25, -0.2) is 9.59 Å². The van der Waals surface area contributed by atoms with Gasteiger partial charge in [0, 0.05) is 0 Å². The lowest BCUT2D eigenvalue weighted by Crippen LogP contribution is -2.02. The van der Waals surface area contributed by atoms with Gasteiger partial charge in [0.05, 0.1) is 25.5 Å². The number of benzene rings is 2. The van der Waals surface area contributed by atoms with Gasteiger partial charge in [-0.1, -0.05) is 36.4 Å². The van der Waals surface area contributed by atoms with Crippen LogP contribution in [0.5, 0.6) is 0 Å². The average Bonchev–Trinajstić information content (AvgIpc) is 3.05. The molecule has 2 aromatic carbocycles. The normalized spacial score (nSPS) is 10.5. The number of methoxy groups -OCH3 is 2. The highest BCUT2D eigenvalue weighted by molar-refractivity contribution is 6.01. The molecule has 23 heavy (non-hydrogen) atoms. The summed E-state index contributed by atoms with van der Waals surface area (Å²) in [5.41, 5.74) is 1.82. The lowest BCUT2D eigenvalue weighted by Gasteiger charge is -2.05. The molecule has 0 radical (unpaired) electrons. The number of ether oxygens (including phenoxy) is 2. The number of fused-ring (bicyclic) bond motifs is 1. The third-order valence-electron chi connectivity index (χ3n) is 3.67. The molecule has 0 aliphatic heterocycles. The number of esters is 2. The molecule has 0 atom stereocenters. The van der Waals surface area contributed by atoms with Crippen molar-refractivity contribution < 1.29 is 19.1 Å². The van der Waals surface area contributed by atoms with Crippen molar-refractivity contribution in [2.24, 2.45) is 0 Å². The number of H-pyrrole nitrogens is 1. The first kappa shape index (κ1) is 14.8. The van der Waals surface area contributed by atoms with Gasteiger partial charge in [0.1, 0.15) is 5.69 Å². The minimum atomic E-state index is -0.540. The number of nitrogens with one attached hydrogen (secondary N) is 1. The highest BCUT2D eigenvalue weighted by atomic mass is 16.5. The molecule has 0 unspecified atom stereocenters. The standard InChI is InChI=1S/C18H15NO4/c1-22-17(20)14-10-15(18(21)23-2)19-16(14)13-8-7-11-5-3-4-6-12(11)9-13/h3-10,19H,1-2H3. The summed E-state index contributed by atoms with van der Waals surface area (Å²) in [5.74, 6) is -1.05. The molecule has 1 N–H and O–H groups in total. The number of hydrogen-bond donors (Lipinski definition) is 1. The van der Waals surface area contributed by atoms with Crippen molar-refractivity contribution in [1.29, 1.82) is 0 Å². The van der Waals surface area contributed by atoms with Crippen molar-refractivity contribution in [1.82, 2.24) is 4.98 Å². The van der Waals surface area contributed by atoms with Gasteiger partial charge in [-0.2, -0.15) is 0 Å². The van der Waals surface area contributed by atoms with Crippen LogP contribution in [0.25, 0.3) is 22.0 Å². The van der Waals surface area contributed by atoms with Crippen LogP contribution in [0.4, 0.5) is 0 Å². The van der Waals surface area contributed by atoms with Gasteiger partial charge in [-0.05, 0) is 28.5 Å². The van der Waals surface area contributed by atoms with Gasteiger partial charge in [-0.3, -0.25) is 0 Å². The minimum absolute atomic E-state index is 0.205. The van der Waals surface area contributed by atoms with Crippen molar-refractivity contribution in [3.63, 3.8) is 0 Å². The molecule has 0 fully saturated rings. The van der Waals surface area contributed by atoms with Gasteiger partial charge >= 0.3 is 11.9 Å². The number of hydrogen-bond acceptors (Lipinski definition) is 4. The Bertz CT molecular complexity index is 895. The second kappa shape index (κ2) is 5.96. The average molecular weight is 309 g/mol. The van der Waals surface area contributed by atoms with Crippen LogP contribution in [-0.4, -0.2) is 31.1 Å². The van der Waals surface area contributed by atoms with Crippen LogP contribution in [0.1, 0.15) is 20.8 Å². The lowest BCUT2D eigenvalue weighted by atomic mass is 10.0. The lowest BCUT2D eigenvalue weighted by molar-refractivity contribution is 0.0594. The van der Waals surface area contributed by atoms with E-state index >= 15 is 0 Å². The van der Waals surface area contributed by atoms with Gasteiger partial charge in [0.15, 0.2) is 0 Å². The van der Waals surface area contributed by atoms with E-state index in [0.717, 1.165) is 16.3 Å². The van der Waals surface area contributed by atoms with E-state index < -0.39 is 11.9 Å². The highest BCUT2D eigenvalue weighted by Crippen LogP contribution is 2.28. The molecule has 0 amide bonds. The van der Waals surface area contributed by atoms with Gasteiger partial charge in [0.2, 0.25) is 0 Å². The first-order valence-corrected chi connectivity index (χ1v) is 7.03. The highest BCUT2D eigenvalue weighted by Gasteiger charge is 2.21. The SMILES string of the molecule is COC(=O)c1cc(C(=O)OC)c(-c2ccc3ccccc3c2)[nH]1. The minimum Gasteiger partial charge on any atom is -0.465 e. The molecule has 0 bridgehead atoms. The van der Waals surface area contributed by atoms with Crippen LogP contribution in [-0.2, 0) is 9.47 Å². The summed E-state index contributed by atoms with van der Waals surface area (Å²) in [6.45, 7) is 0. The Morgan fingerprint density at radius 3 is 2.26 bits per heavy atom. The maximum atomic E-state index is 12.0. The second-order valence-corrected chi connectivity index (χ2v) is 5.02. The van der Waals surface area contributed by atoms with Crippen LogP contribution in [0.15, 0.2) is 48.5 Å². The summed E-state index contributed by atoms with van der Waals surface area (Å²) in [4.78, 5) is 26.7. The Kier molecular flexibility index (Phi) is 3.85. The van der Waals surface area contributed by atoms with Gasteiger partial charge in [-0.15, -0.1) is 0 Å². The molecule has 0 aliphatic carbocycles. The van der Waals surface area contributed by atoms with Crippen molar-refractivity contribution in [2.75, 3.05) is 14.2 Å². The summed E-state index contributed by atoms with van der Waals surface area (Å²) in [5, 5.41) is 2.13. The molecular weight excluding hydrogens is 294 g/mol. The Balaban J connectivity index is 2.17. The fourth-order valence-electron chi connectivity index (χ4n) is 2.52. The van der Waals surface area contributed by atoms with Gasteiger partial charge in [0.25, 0.3) is 0 Å². The maximum Gasteiger partial charge on any atom is 0.354 e. The van der Waals surface area contributed by atoms with E-state index in [1.165, 1.54) is 20.3 Å². The van der Waals surface area contributed by atoms with Crippen molar-refractivity contribution in [3.8, 4) is 11.3 Å². The van der Waals surface area contributed by atoms with Crippen molar-refractivity contribution >= 4 is 22.7 Å². The number of aromatic nitrogens is 1. The van der Waals surface area contributed by atoms with Crippen molar-refractivity contribution in [2.45, 2.75) is 0 Å². The number of aromatic amines is 1. The van der Waals surface area contributed by atoms with Crippen LogP contribution < -0.4 is 0 Å². The fraction of sp³-hybridized carbons (Fsp3) is 0.111. The maximum absolute atomic E-state index is 12.0. The van der Waals surface area contributed by atoms with E-state index in [-0.39, 0.29) is 5.69 Å². The van der Waals surface area contributed by atoms with Crippen molar-refractivity contribution in [3.05, 3.63) is 59.8 Å². The zero-order chi connectivity index (χ0) is 16.4. The summed E-state index contributed by atoms with van der Waals surface area (Å²) < 4.78 is 9.50. The molecule has 3 rings (SSSR count). The smallest absolute Gasteiger partial charge is 0.354 e. The Labute approximate surface area is 132 Å². The van der Waals surface area contributed by atoms with Crippen LogP contribution in [0.2, 0.25) is 0 Å². The topological polar surface area (TPSA) is 68.4 Å². The van der Waals surface area contributed by atoms with E-state index in [9.17, 15) is 9.59 Å². The molecule has 5 heteroatoms. The largest absolute Gasteiger partial charge is 0.465 e. The molecule has 5 nitrogen and oxygen atoms in total. The number of carbonyl (C=O) groups excluding carboxylic acids is 2. The summed E-state index contributed by atoms with van der Waals surface area (Å²) in [6.07, 6.45) is 0. The third kappa shape index (κ3) is 2.68. The summed E-state index contributed by atoms with van der Waals surface area (Å²) in [6, 6.07) is 15.2. The first-order valence-electron chi connectivity index (χ1n) is 7.03. The van der Waals surface area contributed by atoms with Gasteiger partial charge < -0.3 is 14.5 Å². The van der Waals surface area contributed by atoms with E-state index in [1.807, 2.05) is 42.5 Å². The Hall–Kier alpha value is -3.08. The third-order valence-corrected chi connectivity index (χ3v) is 3.67. The Morgan fingerprint density at radius 2 is 1.57 bits per heavy atom. The molecule has 0 spiro atoms. The Morgan fingerprint density at radius 1 is 0.870 bits per heavy atom.